The molecule has 0 amide bonds. The molecule has 0 N–H and O–H groups in total. The molecule has 0 unspecified atom stereocenters. The van der Waals surface area contributed by atoms with E-state index in [1.165, 1.54) is 12.3 Å². The molecule has 0 saturated carbocycles. The minimum absolute atomic E-state index is 0.267. The lowest BCUT2D eigenvalue weighted by Gasteiger charge is -2.06. The lowest BCUT2D eigenvalue weighted by atomic mass is 10.3. The van der Waals surface area contributed by atoms with Crippen LogP contribution in [0.25, 0.3) is 0 Å². The summed E-state index contributed by atoms with van der Waals surface area (Å²) in [7, 11) is 0. The number of hydrogen-bond acceptors (Lipinski definition) is 2. The van der Waals surface area contributed by atoms with Crippen molar-refractivity contribution in [3.05, 3.63) is 29.6 Å². The molecule has 72 valence electrons. The summed E-state index contributed by atoms with van der Waals surface area (Å²) < 4.78 is 38.3. The van der Waals surface area contributed by atoms with Crippen molar-refractivity contribution in [2.24, 2.45) is 0 Å². The van der Waals surface area contributed by atoms with E-state index in [4.69, 9.17) is 0 Å². The van der Waals surface area contributed by atoms with Crippen LogP contribution in [0.2, 0.25) is 0 Å². The second-order valence-corrected chi connectivity index (χ2v) is 2.56. The van der Waals surface area contributed by atoms with Crippen LogP contribution in [0, 0.1) is 6.92 Å². The van der Waals surface area contributed by atoms with E-state index in [0.29, 0.717) is 0 Å². The highest BCUT2D eigenvalue weighted by Crippen LogP contribution is 2.17. The number of alkyl halides is 3. The minimum Gasteiger partial charge on any atom is -0.285 e. The van der Waals surface area contributed by atoms with E-state index in [1.807, 2.05) is 0 Å². The third-order valence-corrected chi connectivity index (χ3v) is 1.36. The lowest BCUT2D eigenvalue weighted by molar-refractivity contribution is -0.330. The minimum atomic E-state index is -4.59. The van der Waals surface area contributed by atoms with Crippen LogP contribution in [0.5, 0.6) is 0 Å². The average Bonchev–Trinajstić information content (AvgIpc) is 2.02. The van der Waals surface area contributed by atoms with E-state index in [9.17, 15) is 13.2 Å². The van der Waals surface area contributed by atoms with E-state index < -0.39 is 13.0 Å². The summed E-state index contributed by atoms with van der Waals surface area (Å²) in [5, 5.41) is 0. The molecule has 1 aromatic rings. The lowest BCUT2D eigenvalue weighted by Crippen LogP contribution is -2.13. The Morgan fingerprint density at radius 1 is 1.38 bits per heavy atom. The van der Waals surface area contributed by atoms with E-state index in [-0.39, 0.29) is 5.69 Å². The van der Waals surface area contributed by atoms with Crippen LogP contribution >= 0.6 is 0 Å². The Morgan fingerprint density at radius 2 is 2.08 bits per heavy atom. The van der Waals surface area contributed by atoms with Crippen molar-refractivity contribution in [3.8, 4) is 0 Å². The Hall–Kier alpha value is -1.10. The number of pyridine rings is 1. The van der Waals surface area contributed by atoms with Crippen molar-refractivity contribution in [1.29, 1.82) is 0 Å². The van der Waals surface area contributed by atoms with Gasteiger partial charge in [-0.05, 0) is 18.6 Å². The molecule has 1 aromatic heterocycles. The predicted octanol–water partition coefficient (Wildman–Crippen LogP) is 2.43. The first kappa shape index (κ1) is 9.98. The summed E-state index contributed by atoms with van der Waals surface area (Å²) >= 11 is 0. The fraction of sp³-hybridized carbons (Fsp3) is 0.375. The van der Waals surface area contributed by atoms with Crippen molar-refractivity contribution in [2.75, 3.05) is 0 Å². The van der Waals surface area contributed by atoms with Crippen LogP contribution in [0.4, 0.5) is 13.2 Å². The van der Waals surface area contributed by atoms with Crippen LogP contribution in [-0.2, 0) is 11.3 Å². The summed E-state index contributed by atoms with van der Waals surface area (Å²) in [6, 6.07) is 3.18. The third kappa shape index (κ3) is 3.89. The summed E-state index contributed by atoms with van der Waals surface area (Å²) in [5.74, 6) is 0. The van der Waals surface area contributed by atoms with Gasteiger partial charge in [0, 0.05) is 6.20 Å². The molecular weight excluding hydrogens is 183 g/mol. The van der Waals surface area contributed by atoms with Crippen molar-refractivity contribution in [1.82, 2.24) is 4.98 Å². The summed E-state index contributed by atoms with van der Waals surface area (Å²) in [5.41, 5.74) is 1.17. The van der Waals surface area contributed by atoms with Crippen LogP contribution in [0.3, 0.4) is 0 Å². The van der Waals surface area contributed by atoms with E-state index in [2.05, 4.69) is 9.72 Å². The molecule has 0 aliphatic carbocycles. The van der Waals surface area contributed by atoms with Gasteiger partial charge in [0.25, 0.3) is 0 Å². The van der Waals surface area contributed by atoms with Crippen molar-refractivity contribution < 1.29 is 17.9 Å². The van der Waals surface area contributed by atoms with Gasteiger partial charge in [-0.15, -0.1) is 13.2 Å². The van der Waals surface area contributed by atoms with Crippen LogP contribution in [0.15, 0.2) is 18.3 Å². The van der Waals surface area contributed by atoms with Gasteiger partial charge >= 0.3 is 6.36 Å². The maximum Gasteiger partial charge on any atom is 0.522 e. The number of aromatic nitrogens is 1. The Kier molecular flexibility index (Phi) is 2.87. The molecule has 0 saturated heterocycles. The third-order valence-electron chi connectivity index (χ3n) is 1.36. The molecule has 0 bridgehead atoms. The van der Waals surface area contributed by atoms with E-state index in [1.54, 1.807) is 13.0 Å². The Bertz CT molecular complexity index is 268. The van der Waals surface area contributed by atoms with Crippen molar-refractivity contribution in [2.45, 2.75) is 19.9 Å². The van der Waals surface area contributed by atoms with Crippen LogP contribution in [-0.4, -0.2) is 11.3 Å². The maximum atomic E-state index is 11.6. The molecule has 0 aliphatic heterocycles. The normalized spacial score (nSPS) is 11.7. The molecule has 0 aromatic carbocycles. The number of halogens is 3. The molecule has 0 radical (unpaired) electrons. The highest BCUT2D eigenvalue weighted by atomic mass is 19.4. The van der Waals surface area contributed by atoms with Gasteiger partial charge < -0.3 is 0 Å². The molecule has 1 rings (SSSR count). The molecule has 0 aliphatic rings. The van der Waals surface area contributed by atoms with Crippen LogP contribution < -0.4 is 0 Å². The van der Waals surface area contributed by atoms with Gasteiger partial charge in [0.05, 0.1) is 12.3 Å². The first-order valence-electron chi connectivity index (χ1n) is 3.59. The zero-order valence-corrected chi connectivity index (χ0v) is 6.93. The molecule has 13 heavy (non-hydrogen) atoms. The standard InChI is InChI=1S/C8H8F3NO/c1-6-2-3-7(12-4-6)5-13-8(9,10)11/h2-4H,5H2,1H3. The predicted molar refractivity (Wildman–Crippen MR) is 39.8 cm³/mol. The van der Waals surface area contributed by atoms with Gasteiger partial charge in [-0.25, -0.2) is 0 Å². The van der Waals surface area contributed by atoms with Gasteiger partial charge in [-0.1, -0.05) is 6.07 Å². The molecule has 1 heterocycles. The zero-order valence-electron chi connectivity index (χ0n) is 6.93. The second kappa shape index (κ2) is 3.74. The summed E-state index contributed by atoms with van der Waals surface area (Å²) in [6.45, 7) is 1.27. The molecule has 0 atom stereocenters. The molecule has 2 nitrogen and oxygen atoms in total. The van der Waals surface area contributed by atoms with Crippen molar-refractivity contribution >= 4 is 0 Å². The molecule has 0 fully saturated rings. The molecule has 5 heteroatoms. The average molecular weight is 191 g/mol. The summed E-state index contributed by atoms with van der Waals surface area (Å²) in [6.07, 6.45) is -3.10. The number of ether oxygens (including phenoxy) is 1. The van der Waals surface area contributed by atoms with Crippen LogP contribution in [0.1, 0.15) is 11.3 Å². The highest BCUT2D eigenvalue weighted by molar-refractivity contribution is 5.11. The van der Waals surface area contributed by atoms with Crippen molar-refractivity contribution in [3.63, 3.8) is 0 Å². The Labute approximate surface area is 73.4 Å². The van der Waals surface area contributed by atoms with Gasteiger partial charge in [-0.2, -0.15) is 0 Å². The van der Waals surface area contributed by atoms with Gasteiger partial charge in [0.1, 0.15) is 0 Å². The van der Waals surface area contributed by atoms with E-state index >= 15 is 0 Å². The highest BCUT2D eigenvalue weighted by Gasteiger charge is 2.29. The Balaban J connectivity index is 2.51. The molecular formula is C8H8F3NO. The van der Waals surface area contributed by atoms with Gasteiger partial charge in [-0.3, -0.25) is 9.72 Å². The number of hydrogen-bond donors (Lipinski definition) is 0. The second-order valence-electron chi connectivity index (χ2n) is 2.56. The maximum absolute atomic E-state index is 11.6. The fourth-order valence-corrected chi connectivity index (χ4v) is 0.740. The van der Waals surface area contributed by atoms with Gasteiger partial charge in [0.2, 0.25) is 0 Å². The number of aryl methyl sites for hydroxylation is 1. The zero-order chi connectivity index (χ0) is 9.90. The topological polar surface area (TPSA) is 22.1 Å². The van der Waals surface area contributed by atoms with E-state index in [0.717, 1.165) is 5.56 Å². The van der Waals surface area contributed by atoms with Gasteiger partial charge in [0.15, 0.2) is 0 Å². The number of nitrogens with zero attached hydrogens (tertiary/aromatic N) is 1. The first-order chi connectivity index (χ1) is 5.97. The monoisotopic (exact) mass is 191 g/mol. The molecule has 0 spiro atoms. The SMILES string of the molecule is Cc1ccc(COC(F)(F)F)nc1. The first-order valence-corrected chi connectivity index (χ1v) is 3.59. The quantitative estimate of drug-likeness (QED) is 0.716. The smallest absolute Gasteiger partial charge is 0.285 e. The Morgan fingerprint density at radius 3 is 2.54 bits per heavy atom. The summed E-state index contributed by atoms with van der Waals surface area (Å²) in [4.78, 5) is 3.76. The fourth-order valence-electron chi connectivity index (χ4n) is 0.740. The largest absolute Gasteiger partial charge is 0.522 e. The number of rotatable bonds is 2.